The van der Waals surface area contributed by atoms with Crippen LogP contribution < -0.4 is 4.90 Å². The molecule has 11 aromatic rings. The zero-order chi connectivity index (χ0) is 37.7. The number of aromatic nitrogens is 1. The lowest BCUT2D eigenvalue weighted by atomic mass is 9.94. The summed E-state index contributed by atoms with van der Waals surface area (Å²) in [6.45, 7) is 0. The third-order valence-corrected chi connectivity index (χ3v) is 12.3. The fourth-order valence-corrected chi connectivity index (χ4v) is 9.76. The summed E-state index contributed by atoms with van der Waals surface area (Å²) in [5.41, 5.74) is 14.0. The summed E-state index contributed by atoms with van der Waals surface area (Å²) in [6, 6.07) is 79.5. The van der Waals surface area contributed by atoms with Gasteiger partial charge in [0.2, 0.25) is 0 Å². The predicted octanol–water partition coefficient (Wildman–Crippen LogP) is 15.6. The molecule has 57 heavy (non-hydrogen) atoms. The van der Waals surface area contributed by atoms with Gasteiger partial charge in [0.05, 0.1) is 22.4 Å². The third-order valence-electron chi connectivity index (χ3n) is 11.2. The number of rotatable bonds is 7. The molecule has 2 aromatic heterocycles. The molecule has 0 saturated heterocycles. The quantitative estimate of drug-likeness (QED) is 0.158. The number of para-hydroxylation sites is 3. The Hall–Kier alpha value is -7.20. The lowest BCUT2D eigenvalue weighted by Crippen LogP contribution is -2.12. The van der Waals surface area contributed by atoms with Crippen LogP contribution in [0.15, 0.2) is 218 Å². The molecule has 3 heteroatoms. The molecule has 0 radical (unpaired) electrons. The van der Waals surface area contributed by atoms with Gasteiger partial charge in [-0.1, -0.05) is 152 Å². The Labute approximate surface area is 335 Å². The zero-order valence-electron chi connectivity index (χ0n) is 31.1. The van der Waals surface area contributed by atoms with Crippen molar-refractivity contribution in [3.05, 3.63) is 218 Å². The van der Waals surface area contributed by atoms with Gasteiger partial charge in [-0.05, 0) is 94.5 Å². The average molecular weight is 745 g/mol. The molecule has 9 aromatic carbocycles. The van der Waals surface area contributed by atoms with Crippen LogP contribution in [-0.2, 0) is 0 Å². The number of nitrogens with zero attached hydrogens (tertiary/aromatic N) is 2. The first-order valence-electron chi connectivity index (χ1n) is 19.4. The van der Waals surface area contributed by atoms with Crippen molar-refractivity contribution in [2.45, 2.75) is 0 Å². The van der Waals surface area contributed by atoms with Gasteiger partial charge in [-0.15, -0.1) is 11.3 Å². The average Bonchev–Trinajstić information content (AvgIpc) is 3.83. The molecule has 0 atom stereocenters. The van der Waals surface area contributed by atoms with Gasteiger partial charge < -0.3 is 9.47 Å². The molecular formula is C54H36N2S. The molecule has 0 amide bonds. The fourth-order valence-electron chi connectivity index (χ4n) is 8.67. The van der Waals surface area contributed by atoms with E-state index < -0.39 is 0 Å². The number of hydrogen-bond donors (Lipinski definition) is 0. The molecule has 0 fully saturated rings. The normalized spacial score (nSPS) is 11.5. The summed E-state index contributed by atoms with van der Waals surface area (Å²) in [5, 5.41) is 5.02. The van der Waals surface area contributed by atoms with E-state index in [9.17, 15) is 0 Å². The fraction of sp³-hybridized carbons (Fsp3) is 0. The van der Waals surface area contributed by atoms with E-state index in [0.717, 1.165) is 22.7 Å². The number of hydrogen-bond acceptors (Lipinski definition) is 2. The summed E-state index contributed by atoms with van der Waals surface area (Å²) in [7, 11) is 0. The van der Waals surface area contributed by atoms with Crippen LogP contribution in [0.2, 0.25) is 0 Å². The van der Waals surface area contributed by atoms with E-state index >= 15 is 0 Å². The second-order valence-corrected chi connectivity index (χ2v) is 15.6. The summed E-state index contributed by atoms with van der Waals surface area (Å²) < 4.78 is 5.02. The molecule has 0 spiro atoms. The Kier molecular flexibility index (Phi) is 8.04. The molecule has 0 aliphatic rings. The highest BCUT2D eigenvalue weighted by Crippen LogP contribution is 2.48. The van der Waals surface area contributed by atoms with E-state index in [-0.39, 0.29) is 0 Å². The molecule has 2 nitrogen and oxygen atoms in total. The zero-order valence-corrected chi connectivity index (χ0v) is 31.9. The summed E-state index contributed by atoms with van der Waals surface area (Å²) in [5.74, 6) is 0. The monoisotopic (exact) mass is 744 g/mol. The largest absolute Gasteiger partial charge is 0.309 e. The van der Waals surface area contributed by atoms with Crippen molar-refractivity contribution < 1.29 is 0 Å². The molecule has 0 saturated carbocycles. The van der Waals surface area contributed by atoms with Crippen molar-refractivity contribution in [2.75, 3.05) is 4.90 Å². The van der Waals surface area contributed by atoms with Gasteiger partial charge in [-0.2, -0.15) is 0 Å². The molecule has 2 heterocycles. The van der Waals surface area contributed by atoms with Crippen LogP contribution >= 0.6 is 11.3 Å². The van der Waals surface area contributed by atoms with Gasteiger partial charge in [0, 0.05) is 47.9 Å². The van der Waals surface area contributed by atoms with Gasteiger partial charge in [-0.25, -0.2) is 0 Å². The van der Waals surface area contributed by atoms with Crippen LogP contribution in [0.25, 0.3) is 81.0 Å². The maximum absolute atomic E-state index is 2.49. The second kappa shape index (κ2) is 13.8. The molecule has 11 rings (SSSR count). The van der Waals surface area contributed by atoms with Gasteiger partial charge in [0.25, 0.3) is 0 Å². The van der Waals surface area contributed by atoms with Crippen LogP contribution in [0.1, 0.15) is 0 Å². The Morgan fingerprint density at radius 2 is 0.930 bits per heavy atom. The van der Waals surface area contributed by atoms with Crippen LogP contribution in [0.3, 0.4) is 0 Å². The van der Waals surface area contributed by atoms with Gasteiger partial charge >= 0.3 is 0 Å². The van der Waals surface area contributed by atoms with Crippen molar-refractivity contribution in [1.82, 2.24) is 4.57 Å². The number of thiophene rings is 1. The maximum atomic E-state index is 2.49. The minimum Gasteiger partial charge on any atom is -0.309 e. The predicted molar refractivity (Wildman–Crippen MR) is 245 cm³/mol. The van der Waals surface area contributed by atoms with E-state index in [2.05, 4.69) is 228 Å². The van der Waals surface area contributed by atoms with Crippen LogP contribution in [0.4, 0.5) is 17.1 Å². The Morgan fingerprint density at radius 3 is 1.77 bits per heavy atom. The first-order chi connectivity index (χ1) is 28.3. The molecule has 0 N–H and O–H groups in total. The molecule has 0 aliphatic heterocycles. The van der Waals surface area contributed by atoms with E-state index in [1.54, 1.807) is 0 Å². The third kappa shape index (κ3) is 5.63. The molecule has 0 aliphatic carbocycles. The van der Waals surface area contributed by atoms with E-state index in [0.29, 0.717) is 0 Å². The minimum absolute atomic E-state index is 1.09. The molecular weight excluding hydrogens is 709 g/mol. The Bertz CT molecular complexity index is 3250. The highest BCUT2D eigenvalue weighted by molar-refractivity contribution is 7.25. The highest BCUT2D eigenvalue weighted by atomic mass is 32.1. The number of anilines is 3. The van der Waals surface area contributed by atoms with Crippen LogP contribution in [0.5, 0.6) is 0 Å². The lowest BCUT2D eigenvalue weighted by Gasteiger charge is -2.29. The maximum Gasteiger partial charge on any atom is 0.0562 e. The summed E-state index contributed by atoms with van der Waals surface area (Å²) in [6.07, 6.45) is 0. The smallest absolute Gasteiger partial charge is 0.0562 e. The van der Waals surface area contributed by atoms with Crippen molar-refractivity contribution in [3.8, 4) is 39.1 Å². The van der Waals surface area contributed by atoms with Crippen molar-refractivity contribution in [3.63, 3.8) is 0 Å². The first kappa shape index (κ1) is 33.2. The van der Waals surface area contributed by atoms with Crippen molar-refractivity contribution in [1.29, 1.82) is 0 Å². The highest BCUT2D eigenvalue weighted by Gasteiger charge is 2.24. The van der Waals surface area contributed by atoms with E-state index in [1.807, 2.05) is 11.3 Å². The number of benzene rings is 9. The Morgan fingerprint density at radius 1 is 0.351 bits per heavy atom. The molecule has 0 bridgehead atoms. The SMILES string of the molecule is c1ccc(-c2ccccc2-c2cccc(N(c3ccccc3-c3ccc4sc5ccccc5c4c3)c3cccc4c3c3ccccc3n4-c3ccccc3)c2)cc1. The van der Waals surface area contributed by atoms with E-state index in [4.69, 9.17) is 0 Å². The second-order valence-electron chi connectivity index (χ2n) is 14.5. The van der Waals surface area contributed by atoms with Crippen molar-refractivity contribution in [2.24, 2.45) is 0 Å². The summed E-state index contributed by atoms with van der Waals surface area (Å²) >= 11 is 1.86. The van der Waals surface area contributed by atoms with Gasteiger partial charge in [0.1, 0.15) is 0 Å². The summed E-state index contributed by atoms with van der Waals surface area (Å²) in [4.78, 5) is 2.49. The number of fused-ring (bicyclic) bond motifs is 6. The standard InChI is InChI=1S/C54H36N2S/c1-3-17-37(18-4-1)42-23-7-8-24-43(42)38-19-15-22-41(35-38)56(48-28-12-9-25-44(48)39-33-34-53-47(36-39)45-26-11-14-32-52(45)57-53)51-31-16-30-50-54(51)46-27-10-13-29-49(46)55(50)40-20-5-2-6-21-40/h1-36H. The van der Waals surface area contributed by atoms with Crippen LogP contribution in [-0.4, -0.2) is 4.57 Å². The van der Waals surface area contributed by atoms with Gasteiger partial charge in [0.15, 0.2) is 0 Å². The van der Waals surface area contributed by atoms with Crippen molar-refractivity contribution >= 4 is 70.4 Å². The van der Waals surface area contributed by atoms with E-state index in [1.165, 1.54) is 75.4 Å². The lowest BCUT2D eigenvalue weighted by molar-refractivity contribution is 1.18. The topological polar surface area (TPSA) is 8.17 Å². The van der Waals surface area contributed by atoms with Crippen LogP contribution in [0, 0.1) is 0 Å². The molecule has 0 unspecified atom stereocenters. The minimum atomic E-state index is 1.09. The molecule has 268 valence electrons. The Balaban J connectivity index is 1.19. The first-order valence-corrected chi connectivity index (χ1v) is 20.3. The van der Waals surface area contributed by atoms with Gasteiger partial charge in [-0.3, -0.25) is 0 Å².